The maximum atomic E-state index is 6.37. The zero-order chi connectivity index (χ0) is 19.2. The van der Waals surface area contributed by atoms with Crippen LogP contribution in [0.15, 0.2) is 79.4 Å². The highest BCUT2D eigenvalue weighted by atomic mass is 16.5. The van der Waals surface area contributed by atoms with E-state index in [9.17, 15) is 0 Å². The molecular weight excluding hydrogens is 346 g/mol. The van der Waals surface area contributed by atoms with Crippen molar-refractivity contribution in [2.45, 2.75) is 25.0 Å². The van der Waals surface area contributed by atoms with Gasteiger partial charge in [0.25, 0.3) is 0 Å². The number of piperidine rings is 1. The zero-order valence-electron chi connectivity index (χ0n) is 16.1. The van der Waals surface area contributed by atoms with Crippen LogP contribution in [-0.4, -0.2) is 25.8 Å². The van der Waals surface area contributed by atoms with E-state index in [2.05, 4.69) is 66.5 Å². The third kappa shape index (κ3) is 4.44. The number of rotatable bonds is 7. The summed E-state index contributed by atoms with van der Waals surface area (Å²) >= 11 is 0. The van der Waals surface area contributed by atoms with Gasteiger partial charge in [0.15, 0.2) is 0 Å². The molecule has 0 aliphatic carbocycles. The van der Waals surface area contributed by atoms with Gasteiger partial charge >= 0.3 is 0 Å². The Morgan fingerprint density at radius 3 is 2.64 bits per heavy atom. The topological polar surface area (TPSA) is 30.5 Å². The monoisotopic (exact) mass is 373 g/mol. The fraction of sp³-hybridized carbons (Fsp3) is 0.280. The average molecular weight is 373 g/mol. The molecule has 3 nitrogen and oxygen atoms in total. The van der Waals surface area contributed by atoms with E-state index in [1.807, 2.05) is 12.1 Å². The van der Waals surface area contributed by atoms with E-state index >= 15 is 0 Å². The SMILES string of the molecule is C=CCOc1ccc(C2CCNCC2OCc2ccc3ccccc3c2)cc1. The van der Waals surface area contributed by atoms with Crippen LogP contribution in [0, 0.1) is 0 Å². The molecule has 4 rings (SSSR count). The predicted molar refractivity (Wildman–Crippen MR) is 115 cm³/mol. The standard InChI is InChI=1S/C25H27NO2/c1-2-15-27-23-11-9-21(10-12-23)24-13-14-26-17-25(24)28-18-19-7-8-20-5-3-4-6-22(20)16-19/h2-12,16,24-26H,1,13-15,17-18H2. The van der Waals surface area contributed by atoms with Crippen LogP contribution >= 0.6 is 0 Å². The van der Waals surface area contributed by atoms with Crippen molar-refractivity contribution >= 4 is 10.8 Å². The van der Waals surface area contributed by atoms with Gasteiger partial charge in [-0.2, -0.15) is 0 Å². The Hall–Kier alpha value is -2.62. The summed E-state index contributed by atoms with van der Waals surface area (Å²) in [5.41, 5.74) is 2.53. The Morgan fingerprint density at radius 1 is 1.00 bits per heavy atom. The van der Waals surface area contributed by atoms with E-state index in [0.29, 0.717) is 19.1 Å². The average Bonchev–Trinajstić information content (AvgIpc) is 2.77. The quantitative estimate of drug-likeness (QED) is 0.587. The number of ether oxygens (including phenoxy) is 2. The van der Waals surface area contributed by atoms with Gasteiger partial charge < -0.3 is 14.8 Å². The van der Waals surface area contributed by atoms with Crippen LogP contribution in [0.2, 0.25) is 0 Å². The second-order valence-corrected chi connectivity index (χ2v) is 7.30. The van der Waals surface area contributed by atoms with Crippen molar-refractivity contribution in [2.75, 3.05) is 19.7 Å². The highest BCUT2D eigenvalue weighted by Crippen LogP contribution is 2.30. The molecule has 2 unspecified atom stereocenters. The van der Waals surface area contributed by atoms with E-state index in [0.717, 1.165) is 25.3 Å². The van der Waals surface area contributed by atoms with Gasteiger partial charge in [-0.25, -0.2) is 0 Å². The van der Waals surface area contributed by atoms with Crippen molar-refractivity contribution in [3.63, 3.8) is 0 Å². The van der Waals surface area contributed by atoms with Crippen LogP contribution in [0.1, 0.15) is 23.5 Å². The molecule has 1 N–H and O–H groups in total. The normalized spacial score (nSPS) is 19.4. The Kier molecular flexibility index (Phi) is 6.05. The second-order valence-electron chi connectivity index (χ2n) is 7.30. The minimum Gasteiger partial charge on any atom is -0.490 e. The molecule has 2 atom stereocenters. The first-order valence-electron chi connectivity index (χ1n) is 9.97. The summed E-state index contributed by atoms with van der Waals surface area (Å²) in [6.07, 6.45) is 3.01. The lowest BCUT2D eigenvalue weighted by molar-refractivity contribution is 0.0106. The Labute approximate surface area is 167 Å². The fourth-order valence-electron chi connectivity index (χ4n) is 3.88. The van der Waals surface area contributed by atoms with Gasteiger partial charge in [-0.05, 0) is 53.1 Å². The molecule has 1 heterocycles. The first-order chi connectivity index (χ1) is 13.8. The molecule has 1 fully saturated rings. The lowest BCUT2D eigenvalue weighted by atomic mass is 9.87. The molecule has 1 saturated heterocycles. The molecular formula is C25H27NO2. The second kappa shape index (κ2) is 9.05. The van der Waals surface area contributed by atoms with Crippen LogP contribution in [0.25, 0.3) is 10.8 Å². The lowest BCUT2D eigenvalue weighted by Crippen LogP contribution is -2.40. The van der Waals surface area contributed by atoms with Crippen molar-refractivity contribution < 1.29 is 9.47 Å². The third-order valence-electron chi connectivity index (χ3n) is 5.38. The lowest BCUT2D eigenvalue weighted by Gasteiger charge is -2.32. The molecule has 0 saturated carbocycles. The summed E-state index contributed by atoms with van der Waals surface area (Å²) in [6, 6.07) is 23.4. The minimum absolute atomic E-state index is 0.167. The van der Waals surface area contributed by atoms with Crippen molar-refractivity contribution in [3.05, 3.63) is 90.5 Å². The minimum atomic E-state index is 0.167. The summed E-state index contributed by atoms with van der Waals surface area (Å²) in [5.74, 6) is 1.28. The molecule has 0 aromatic heterocycles. The highest BCUT2D eigenvalue weighted by molar-refractivity contribution is 5.82. The molecule has 1 aliphatic rings. The van der Waals surface area contributed by atoms with Crippen LogP contribution in [0.3, 0.4) is 0 Å². The number of nitrogens with one attached hydrogen (secondary N) is 1. The zero-order valence-corrected chi connectivity index (χ0v) is 16.1. The van der Waals surface area contributed by atoms with Crippen molar-refractivity contribution in [1.82, 2.24) is 5.32 Å². The maximum Gasteiger partial charge on any atom is 0.119 e. The Balaban J connectivity index is 1.43. The summed E-state index contributed by atoms with van der Waals surface area (Å²) in [7, 11) is 0. The van der Waals surface area contributed by atoms with E-state index in [4.69, 9.17) is 9.47 Å². The third-order valence-corrected chi connectivity index (χ3v) is 5.38. The summed E-state index contributed by atoms with van der Waals surface area (Å²) < 4.78 is 12.0. The summed E-state index contributed by atoms with van der Waals surface area (Å²) in [6.45, 7) is 6.76. The summed E-state index contributed by atoms with van der Waals surface area (Å²) in [4.78, 5) is 0. The highest BCUT2D eigenvalue weighted by Gasteiger charge is 2.27. The number of fused-ring (bicyclic) bond motifs is 1. The first-order valence-corrected chi connectivity index (χ1v) is 9.97. The largest absolute Gasteiger partial charge is 0.490 e. The van der Waals surface area contributed by atoms with Gasteiger partial charge in [0.05, 0.1) is 12.7 Å². The maximum absolute atomic E-state index is 6.37. The first kappa shape index (κ1) is 18.7. The van der Waals surface area contributed by atoms with Gasteiger partial charge in [-0.15, -0.1) is 0 Å². The number of hydrogen-bond acceptors (Lipinski definition) is 3. The molecule has 144 valence electrons. The van der Waals surface area contributed by atoms with Crippen molar-refractivity contribution in [2.24, 2.45) is 0 Å². The molecule has 1 aliphatic heterocycles. The van der Waals surface area contributed by atoms with Crippen LogP contribution in [-0.2, 0) is 11.3 Å². The number of hydrogen-bond donors (Lipinski definition) is 1. The van der Waals surface area contributed by atoms with Crippen molar-refractivity contribution in [1.29, 1.82) is 0 Å². The van der Waals surface area contributed by atoms with Gasteiger partial charge in [0, 0.05) is 12.5 Å². The van der Waals surface area contributed by atoms with E-state index in [-0.39, 0.29) is 6.10 Å². The molecule has 3 aromatic carbocycles. The summed E-state index contributed by atoms with van der Waals surface area (Å²) in [5, 5.41) is 6.01. The van der Waals surface area contributed by atoms with Gasteiger partial charge in [0.2, 0.25) is 0 Å². The Bertz CT molecular complexity index is 919. The molecule has 3 heteroatoms. The van der Waals surface area contributed by atoms with Gasteiger partial charge in [0.1, 0.15) is 12.4 Å². The van der Waals surface area contributed by atoms with E-state index in [1.54, 1.807) is 6.08 Å². The van der Waals surface area contributed by atoms with Crippen molar-refractivity contribution in [3.8, 4) is 5.75 Å². The van der Waals surface area contributed by atoms with Crippen LogP contribution < -0.4 is 10.1 Å². The molecule has 3 aromatic rings. The smallest absolute Gasteiger partial charge is 0.119 e. The molecule has 0 amide bonds. The van der Waals surface area contributed by atoms with E-state index < -0.39 is 0 Å². The fourth-order valence-corrected chi connectivity index (χ4v) is 3.88. The molecule has 0 bridgehead atoms. The van der Waals surface area contributed by atoms with Crippen LogP contribution in [0.4, 0.5) is 0 Å². The Morgan fingerprint density at radius 2 is 1.82 bits per heavy atom. The van der Waals surface area contributed by atoms with Gasteiger partial charge in [-0.3, -0.25) is 0 Å². The van der Waals surface area contributed by atoms with E-state index in [1.165, 1.54) is 21.9 Å². The molecule has 0 spiro atoms. The van der Waals surface area contributed by atoms with Crippen LogP contribution in [0.5, 0.6) is 5.75 Å². The van der Waals surface area contributed by atoms with Gasteiger partial charge in [-0.1, -0.05) is 61.2 Å². The molecule has 0 radical (unpaired) electrons. The number of benzene rings is 3. The predicted octanol–water partition coefficient (Wildman–Crippen LogP) is 5.07. The molecule has 28 heavy (non-hydrogen) atoms.